The molecule has 2 unspecified atom stereocenters. The smallest absolute Gasteiger partial charge is 0.462 e. The van der Waals surface area contributed by atoms with Crippen LogP contribution < -0.4 is 0 Å². The molecule has 0 amide bonds. The van der Waals surface area contributed by atoms with Gasteiger partial charge in [0.25, 0.3) is 0 Å². The van der Waals surface area contributed by atoms with E-state index < -0.39 is 32.5 Å². The Labute approximate surface area is 250 Å². The largest absolute Gasteiger partial charge is 0.472 e. The minimum Gasteiger partial charge on any atom is -0.462 e. The molecule has 9 nitrogen and oxygen atoms in total. The van der Waals surface area contributed by atoms with E-state index >= 15 is 0 Å². The first-order valence-corrected chi connectivity index (χ1v) is 17.4. The molecule has 2 atom stereocenters. The van der Waals surface area contributed by atoms with Gasteiger partial charge in [-0.05, 0) is 32.1 Å². The van der Waals surface area contributed by atoms with E-state index in [1.165, 1.54) is 64.2 Å². The number of carbonyl (C=O) groups excluding carboxylic acids is 2. The van der Waals surface area contributed by atoms with Gasteiger partial charge in [-0.25, -0.2) is 4.57 Å². The van der Waals surface area contributed by atoms with Crippen molar-refractivity contribution in [2.24, 2.45) is 0 Å². The van der Waals surface area contributed by atoms with E-state index in [1.54, 1.807) is 6.92 Å². The lowest BCUT2D eigenvalue weighted by Crippen LogP contribution is -2.37. The number of ether oxygens (including phenoxy) is 2. The first kappa shape index (κ1) is 39.8. The Balaban J connectivity index is 4.06. The fraction of sp³-hybridized carbons (Fsp3) is 0.871. The van der Waals surface area contributed by atoms with E-state index in [2.05, 4.69) is 19.1 Å². The molecule has 0 aromatic heterocycles. The zero-order chi connectivity index (χ0) is 30.8. The average molecular weight is 607 g/mol. The maximum atomic E-state index is 12.3. The van der Waals surface area contributed by atoms with Crippen molar-refractivity contribution in [1.29, 1.82) is 0 Å². The molecule has 0 rings (SSSR count). The van der Waals surface area contributed by atoms with Crippen LogP contribution in [0.25, 0.3) is 0 Å². The highest BCUT2D eigenvalue weighted by molar-refractivity contribution is 7.47. The summed E-state index contributed by atoms with van der Waals surface area (Å²) < 4.78 is 33.2. The van der Waals surface area contributed by atoms with Crippen LogP contribution in [0.15, 0.2) is 12.2 Å². The number of nitrogens with zero attached hydrogens (tertiary/aromatic N) is 1. The maximum Gasteiger partial charge on any atom is 0.472 e. The molecule has 0 fully saturated rings. The summed E-state index contributed by atoms with van der Waals surface area (Å²) in [6.07, 6.45) is 22.1. The summed E-state index contributed by atoms with van der Waals surface area (Å²) in [5, 5.41) is 0. The van der Waals surface area contributed by atoms with Gasteiger partial charge in [-0.3, -0.25) is 18.6 Å². The number of rotatable bonds is 28. The first-order chi connectivity index (χ1) is 19.5. The summed E-state index contributed by atoms with van der Waals surface area (Å²) >= 11 is 0. The van der Waals surface area contributed by atoms with E-state index in [-0.39, 0.29) is 26.1 Å². The summed E-state index contributed by atoms with van der Waals surface area (Å²) in [6, 6.07) is 0. The molecule has 242 valence electrons. The van der Waals surface area contributed by atoms with E-state index in [9.17, 15) is 19.0 Å². The highest BCUT2D eigenvalue weighted by atomic mass is 31.2. The van der Waals surface area contributed by atoms with Gasteiger partial charge in [-0.2, -0.15) is 0 Å². The highest BCUT2D eigenvalue weighted by Gasteiger charge is 2.26. The van der Waals surface area contributed by atoms with Crippen molar-refractivity contribution >= 4 is 19.8 Å². The second kappa shape index (κ2) is 25.3. The van der Waals surface area contributed by atoms with Gasteiger partial charge in [0.1, 0.15) is 19.8 Å². The maximum absolute atomic E-state index is 12.3. The fourth-order valence-electron chi connectivity index (χ4n) is 3.99. The van der Waals surface area contributed by atoms with Crippen LogP contribution in [0.5, 0.6) is 0 Å². The molecule has 0 spiro atoms. The summed E-state index contributed by atoms with van der Waals surface area (Å²) in [5.41, 5.74) is 0. The Morgan fingerprint density at radius 3 is 1.83 bits per heavy atom. The Morgan fingerprint density at radius 1 is 0.756 bits per heavy atom. The van der Waals surface area contributed by atoms with Crippen molar-refractivity contribution in [3.05, 3.63) is 12.2 Å². The van der Waals surface area contributed by atoms with Gasteiger partial charge in [0.05, 0.1) is 27.7 Å². The van der Waals surface area contributed by atoms with E-state index in [1.807, 2.05) is 21.1 Å². The molecule has 0 saturated carbocycles. The highest BCUT2D eigenvalue weighted by Crippen LogP contribution is 2.43. The Morgan fingerprint density at radius 2 is 1.29 bits per heavy atom. The fourth-order valence-corrected chi connectivity index (χ4v) is 4.73. The lowest BCUT2D eigenvalue weighted by atomic mass is 10.1. The van der Waals surface area contributed by atoms with Gasteiger partial charge < -0.3 is 18.9 Å². The first-order valence-electron chi connectivity index (χ1n) is 15.9. The Hall–Kier alpha value is -1.25. The number of hydrogen-bond acceptors (Lipinski definition) is 7. The molecular formula is C31H61NO8P+. The second-order valence-corrected chi connectivity index (χ2v) is 13.3. The van der Waals surface area contributed by atoms with Gasteiger partial charge in [0.2, 0.25) is 0 Å². The van der Waals surface area contributed by atoms with E-state index in [4.69, 9.17) is 18.5 Å². The van der Waals surface area contributed by atoms with Gasteiger partial charge in [0.15, 0.2) is 6.10 Å². The second-order valence-electron chi connectivity index (χ2n) is 11.8. The molecule has 0 aliphatic heterocycles. The number of phosphoric ester groups is 1. The predicted octanol–water partition coefficient (Wildman–Crippen LogP) is 7.51. The number of quaternary nitrogens is 1. The number of esters is 2. The number of likely N-dealkylation sites (N-methyl/N-ethyl adjacent to an activating group) is 1. The summed E-state index contributed by atoms with van der Waals surface area (Å²) in [7, 11) is 1.47. The van der Waals surface area contributed by atoms with Gasteiger partial charge >= 0.3 is 19.8 Å². The molecule has 0 aliphatic carbocycles. The molecule has 0 aromatic carbocycles. The third-order valence-electron chi connectivity index (χ3n) is 6.60. The third-order valence-corrected chi connectivity index (χ3v) is 7.58. The molecule has 0 aromatic rings. The van der Waals surface area contributed by atoms with Crippen LogP contribution >= 0.6 is 7.82 Å². The van der Waals surface area contributed by atoms with E-state index in [0.29, 0.717) is 17.4 Å². The Bertz CT molecular complexity index is 738. The average Bonchev–Trinajstić information content (AvgIpc) is 2.90. The SMILES string of the molecule is CCCCCCCC/C=C\CCCCCCCCCC(=O)OC(COC(=O)CC)COP(=O)(O)OCC[N+](C)(C)C. The summed E-state index contributed by atoms with van der Waals surface area (Å²) in [6.45, 7) is 3.79. The number of hydrogen-bond donors (Lipinski definition) is 1. The number of unbranched alkanes of at least 4 members (excludes halogenated alkanes) is 13. The topological polar surface area (TPSA) is 108 Å². The molecule has 10 heteroatoms. The van der Waals surface area contributed by atoms with Crippen molar-refractivity contribution in [2.75, 3.05) is 47.5 Å². The van der Waals surface area contributed by atoms with Crippen molar-refractivity contribution in [1.82, 2.24) is 0 Å². The molecular weight excluding hydrogens is 545 g/mol. The number of allylic oxidation sites excluding steroid dienone is 2. The predicted molar refractivity (Wildman–Crippen MR) is 164 cm³/mol. The van der Waals surface area contributed by atoms with Crippen LogP contribution in [0.4, 0.5) is 0 Å². The molecule has 0 saturated heterocycles. The van der Waals surface area contributed by atoms with Gasteiger partial charge in [-0.1, -0.05) is 90.2 Å². The monoisotopic (exact) mass is 606 g/mol. The van der Waals surface area contributed by atoms with Crippen LogP contribution in [0.1, 0.15) is 123 Å². The third kappa shape index (κ3) is 28.6. The lowest BCUT2D eigenvalue weighted by molar-refractivity contribution is -0.870. The standard InChI is InChI=1S/C31H60NO8P/c1-6-8-9-10-11-12-13-14-15-16-17-18-19-20-21-22-23-24-31(34)40-29(27-37-30(33)7-2)28-39-41(35,36)38-26-25-32(3,4)5/h14-15,29H,6-13,16-28H2,1-5H3/p+1/b15-14-. The van der Waals surface area contributed by atoms with Gasteiger partial charge in [0, 0.05) is 12.8 Å². The minimum atomic E-state index is -4.33. The quantitative estimate of drug-likeness (QED) is 0.0321. The minimum absolute atomic E-state index is 0.0307. The molecule has 41 heavy (non-hydrogen) atoms. The Kier molecular flexibility index (Phi) is 24.5. The number of phosphoric acid groups is 1. The van der Waals surface area contributed by atoms with Crippen LogP contribution in [0.3, 0.4) is 0 Å². The lowest BCUT2D eigenvalue weighted by Gasteiger charge is -2.24. The number of carbonyl (C=O) groups is 2. The van der Waals surface area contributed by atoms with Crippen molar-refractivity contribution < 1.29 is 42.1 Å². The van der Waals surface area contributed by atoms with Crippen molar-refractivity contribution in [3.63, 3.8) is 0 Å². The van der Waals surface area contributed by atoms with Crippen LogP contribution in [0, 0.1) is 0 Å². The van der Waals surface area contributed by atoms with Crippen molar-refractivity contribution in [3.8, 4) is 0 Å². The normalized spacial score (nSPS) is 14.2. The van der Waals surface area contributed by atoms with Crippen LogP contribution in [-0.2, 0) is 32.7 Å². The zero-order valence-corrected chi connectivity index (χ0v) is 27.7. The molecule has 1 N–H and O–H groups in total. The summed E-state index contributed by atoms with van der Waals surface area (Å²) in [4.78, 5) is 33.8. The van der Waals surface area contributed by atoms with Crippen molar-refractivity contribution in [2.45, 2.75) is 129 Å². The molecule has 0 bridgehead atoms. The van der Waals surface area contributed by atoms with Gasteiger partial charge in [-0.15, -0.1) is 0 Å². The summed E-state index contributed by atoms with van der Waals surface area (Å²) in [5.74, 6) is -0.903. The van der Waals surface area contributed by atoms with E-state index in [0.717, 1.165) is 25.7 Å². The molecule has 0 heterocycles. The zero-order valence-electron chi connectivity index (χ0n) is 26.8. The van der Waals surface area contributed by atoms with Crippen LogP contribution in [-0.4, -0.2) is 74.9 Å². The molecule has 0 aliphatic rings. The van der Waals surface area contributed by atoms with Crippen LogP contribution in [0.2, 0.25) is 0 Å². The molecule has 0 radical (unpaired) electrons.